The molecule has 36 bridgehead atoms. The van der Waals surface area contributed by atoms with Crippen LogP contribution in [0.5, 0.6) is 195 Å². The Kier molecular flexibility index (Phi) is 19.0. The Morgan fingerprint density at radius 1 is 0.136 bits per heavy atom. The maximum Gasteiger partial charge on any atom is 0.134 e. The summed E-state index contributed by atoms with van der Waals surface area (Å²) in [4.78, 5) is 0. The molecule has 28 heteroatoms. The summed E-state index contributed by atoms with van der Waals surface area (Å²) in [5.74, 6) is 0.0595. The van der Waals surface area contributed by atoms with Gasteiger partial charge in [0.05, 0.1) is 0 Å². The van der Waals surface area contributed by atoms with E-state index in [-0.39, 0.29) is 269 Å². The van der Waals surface area contributed by atoms with Crippen LogP contribution in [0.2, 0.25) is 0 Å². The predicted molar refractivity (Wildman–Crippen MR) is 449 cm³/mol. The zero-order chi connectivity index (χ0) is 85.1. The minimum Gasteiger partial charge on any atom is -0.508 e. The van der Waals surface area contributed by atoms with Crippen LogP contribution in [-0.4, -0.2) is 51.1 Å². The van der Waals surface area contributed by atoms with Crippen molar-refractivity contribution in [1.82, 2.24) is 0 Å². The second-order valence-electron chi connectivity index (χ2n) is 28.8. The molecule has 28 nitrogen and oxygen atoms in total. The first-order valence-electron chi connectivity index (χ1n) is 38.0. The van der Waals surface area contributed by atoms with Crippen molar-refractivity contribution in [3.63, 3.8) is 0 Å². The first kappa shape index (κ1) is 75.7. The molecule has 4 heterocycles. The first-order chi connectivity index (χ1) is 60.5. The van der Waals surface area contributed by atoms with Crippen LogP contribution in [0.25, 0.3) is 67.0 Å². The highest BCUT2D eigenvalue weighted by molar-refractivity contribution is 5.72. The van der Waals surface area contributed by atoms with E-state index >= 15 is 0 Å². The monoisotopic (exact) mass is 1670 g/mol. The predicted octanol–water partition coefficient (Wildman–Crippen LogP) is 26.3. The molecular weight excluding hydrogens is 1610 g/mol. The third-order valence-corrected chi connectivity index (χ3v) is 18.6. The highest BCUT2D eigenvalue weighted by Gasteiger charge is 2.22. The van der Waals surface area contributed by atoms with E-state index in [2.05, 4.69) is 0 Å². The standard InChI is InChI=1S/C97H60O28/c98-52-6-53(99)8-66(7-52)112-84-37-87-44-94(38-84)124-96-47-93-48-97(49-96)125-95-45-91(43-92(46-95)122-81-23-61(107)24-82(34-81)123-93)121-80-22-60(106)21-79(33-80)120-90-41-88-40-89(42-90)119-78-20-59(105)19-77(32-78)118-86-36-83(35-85(39-86)116-75-17-57(103)14-72(30-75)113-70-12-56(102)13-71(29-70)114-73-15-58(104)18-76(31-73)117-88)111-65-5-51-1-50-2-62(25-63(3-50)109-69-11-55(101)16-74(28-69)115-87)108-67-9-54(100)10-68(27-67)110-64(4-51)26-65/h2-49,98-107H,1H2. The second kappa shape index (κ2) is 31.3. The molecule has 125 heavy (non-hydrogen) atoms. The van der Waals surface area contributed by atoms with Gasteiger partial charge in [-0.1, -0.05) is 0 Å². The van der Waals surface area contributed by atoms with E-state index in [1.807, 2.05) is 0 Å². The van der Waals surface area contributed by atoms with E-state index in [0.29, 0.717) is 11.1 Å². The lowest BCUT2D eigenvalue weighted by atomic mass is 10.0. The molecular formula is C97H60O28. The van der Waals surface area contributed by atoms with Crippen LogP contribution in [0.1, 0.15) is 11.1 Å². The molecule has 20 rings (SSSR count). The van der Waals surface area contributed by atoms with Gasteiger partial charge in [0.2, 0.25) is 0 Å². The summed E-state index contributed by atoms with van der Waals surface area (Å²) in [6, 6.07) is 70.1. The van der Waals surface area contributed by atoms with Crippen LogP contribution in [0.3, 0.4) is 0 Å². The summed E-state index contributed by atoms with van der Waals surface area (Å²) >= 11 is 0. The van der Waals surface area contributed by atoms with Gasteiger partial charge < -0.3 is 134 Å². The average molecular weight is 1670 g/mol. The summed E-state index contributed by atoms with van der Waals surface area (Å²) < 4.78 is 117. The average Bonchev–Trinajstić information content (AvgIpc) is 0.806. The zero-order valence-electron chi connectivity index (χ0n) is 64.2. The number of phenols is 10. The summed E-state index contributed by atoms with van der Waals surface area (Å²) in [5, 5.41) is 112. The molecule has 0 saturated heterocycles. The van der Waals surface area contributed by atoms with Crippen molar-refractivity contribution < 1.29 is 134 Å². The fourth-order valence-electron chi connectivity index (χ4n) is 14.0. The van der Waals surface area contributed by atoms with Crippen molar-refractivity contribution in [2.75, 3.05) is 0 Å². The van der Waals surface area contributed by atoms with E-state index in [4.69, 9.17) is 83.3 Å². The first-order valence-corrected chi connectivity index (χ1v) is 38.0. The normalized spacial score (nSPS) is 12.2. The second-order valence-corrected chi connectivity index (χ2v) is 28.8. The van der Waals surface area contributed by atoms with Crippen molar-refractivity contribution in [1.29, 1.82) is 0 Å². The molecule has 1 aromatic heterocycles. The van der Waals surface area contributed by atoms with Gasteiger partial charge >= 0.3 is 0 Å². The number of ether oxygens (including phenoxy) is 12. The lowest BCUT2D eigenvalue weighted by molar-refractivity contribution is 0.411. The Labute approximate surface area is 702 Å². The molecule has 17 aromatic rings. The van der Waals surface area contributed by atoms with E-state index in [1.54, 1.807) is 72.8 Å². The number of hydrogen-bond acceptors (Lipinski definition) is 28. The van der Waals surface area contributed by atoms with Gasteiger partial charge in [-0.3, -0.25) is 0 Å². The zero-order valence-corrected chi connectivity index (χ0v) is 64.2. The fraction of sp³-hybridized carbons (Fsp3) is 0.0103. The van der Waals surface area contributed by atoms with Crippen molar-refractivity contribution in [2.45, 2.75) is 6.42 Å². The lowest BCUT2D eigenvalue weighted by Crippen LogP contribution is -1.97. The van der Waals surface area contributed by atoms with Crippen LogP contribution in [-0.2, 0) is 6.42 Å². The van der Waals surface area contributed by atoms with E-state index in [1.165, 1.54) is 212 Å². The number of rotatable bonds is 2. The topological polar surface area (TPSA) is 392 Å². The molecule has 3 aliphatic rings. The summed E-state index contributed by atoms with van der Waals surface area (Å²) in [6.07, 6.45) is 0.170. The molecule has 0 radical (unpaired) electrons. The van der Waals surface area contributed by atoms with Gasteiger partial charge in [0.1, 0.15) is 262 Å². The number of fused-ring (bicyclic) bond motifs is 28. The van der Waals surface area contributed by atoms with E-state index < -0.39 is 0 Å². The Hall–Kier alpha value is -18.1. The minimum absolute atomic E-state index is 0.00904. The lowest BCUT2D eigenvalue weighted by Gasteiger charge is -2.18. The highest BCUT2D eigenvalue weighted by atomic mass is 16.5. The molecule has 16 aromatic carbocycles. The van der Waals surface area contributed by atoms with E-state index in [0.717, 1.165) is 6.07 Å². The maximum atomic E-state index is 11.6. The van der Waals surface area contributed by atoms with Crippen molar-refractivity contribution in [3.8, 4) is 195 Å². The molecule has 0 spiro atoms. The fourth-order valence-corrected chi connectivity index (χ4v) is 14.0. The molecule has 10 N–H and O–H groups in total. The van der Waals surface area contributed by atoms with Crippen molar-refractivity contribution >= 4 is 67.0 Å². The van der Waals surface area contributed by atoms with Gasteiger partial charge in [-0.2, -0.15) is 0 Å². The smallest absolute Gasteiger partial charge is 0.134 e. The molecule has 0 unspecified atom stereocenters. The van der Waals surface area contributed by atoms with Crippen LogP contribution >= 0.6 is 0 Å². The molecule has 0 amide bonds. The van der Waals surface area contributed by atoms with Crippen LogP contribution < -0.4 is 56.8 Å². The quantitative estimate of drug-likeness (QED) is 0.0768. The van der Waals surface area contributed by atoms with E-state index in [9.17, 15) is 51.1 Å². The Morgan fingerprint density at radius 3 is 0.488 bits per heavy atom. The van der Waals surface area contributed by atoms with Crippen LogP contribution in [0.4, 0.5) is 0 Å². The van der Waals surface area contributed by atoms with Crippen LogP contribution in [0.15, 0.2) is 318 Å². The van der Waals surface area contributed by atoms with Gasteiger partial charge in [0.15, 0.2) is 0 Å². The summed E-state index contributed by atoms with van der Waals surface area (Å²) in [6.45, 7) is 0. The van der Waals surface area contributed by atoms with Gasteiger partial charge in [-0.05, 0) is 41.8 Å². The third kappa shape index (κ3) is 18.3. The Balaban J connectivity index is 0.777. The molecule has 3 aliphatic heterocycles. The Bertz CT molecular complexity index is 7570. The molecule has 0 fully saturated rings. The Morgan fingerprint density at radius 2 is 0.280 bits per heavy atom. The van der Waals surface area contributed by atoms with Crippen molar-refractivity contribution in [2.24, 2.45) is 0 Å². The van der Waals surface area contributed by atoms with Gasteiger partial charge in [-0.15, -0.1) is 0 Å². The number of phenolic OH excluding ortho intramolecular Hbond substituents is 10. The number of benzene rings is 16. The number of hydrogen-bond donors (Lipinski definition) is 10. The minimum atomic E-state index is -0.318. The van der Waals surface area contributed by atoms with Gasteiger partial charge in [0, 0.05) is 267 Å². The van der Waals surface area contributed by atoms with Crippen molar-refractivity contribution in [3.05, 3.63) is 302 Å². The largest absolute Gasteiger partial charge is 0.508 e. The molecule has 0 atom stereocenters. The van der Waals surface area contributed by atoms with Gasteiger partial charge in [-0.25, -0.2) is 0 Å². The molecule has 616 valence electrons. The number of aromatic hydroxyl groups is 10. The SMILES string of the molecule is Oc1cc(O)cc(Oc2cc3cc(c2)Oc2cc4cc(c2)Oc2cc(cc(c2)Oc2cc(O)cc(c2)Oc2cc5cc(c2)oc2cc(O)cc(c2)oc2cc(cc(c2)oc2cc(O)cc(c2)oc2cc(O)cc(c2)oc2cc(O)cc(c2)o5)Oc2cc5cc(c2)Oc2cc(O)cc(c2)Oc2cc(cc(c2)Oc2cc(O)cc(c2)O3)C5)Oc2cc(O)cc(c2)O4)c1. The molecule has 0 aliphatic carbocycles. The van der Waals surface area contributed by atoms with Gasteiger partial charge in [0.25, 0.3) is 0 Å². The summed E-state index contributed by atoms with van der Waals surface area (Å²) in [5.41, 5.74) is 1.73. The highest BCUT2D eigenvalue weighted by Crippen LogP contribution is 2.48. The third-order valence-electron chi connectivity index (χ3n) is 18.6. The van der Waals surface area contributed by atoms with Crippen LogP contribution in [0, 0.1) is 0 Å². The maximum absolute atomic E-state index is 11.6. The summed E-state index contributed by atoms with van der Waals surface area (Å²) in [7, 11) is 0. The molecule has 0 saturated carbocycles.